The maximum absolute atomic E-state index is 13.9. The molecular weight excluding hydrogens is 431 g/mol. The number of thioether (sulfide) groups is 1. The summed E-state index contributed by atoms with van der Waals surface area (Å²) in [6, 6.07) is 8.72. The summed E-state index contributed by atoms with van der Waals surface area (Å²) in [6.07, 6.45) is 3.96. The molecule has 4 aromatic rings. The highest BCUT2D eigenvalue weighted by molar-refractivity contribution is 7.99. The molecule has 0 aliphatic carbocycles. The first kappa shape index (κ1) is 20.7. The van der Waals surface area contributed by atoms with Crippen molar-refractivity contribution in [1.29, 1.82) is 0 Å². The van der Waals surface area contributed by atoms with E-state index in [1.807, 2.05) is 19.1 Å². The van der Waals surface area contributed by atoms with Crippen molar-refractivity contribution < 1.29 is 13.3 Å². The van der Waals surface area contributed by atoms with Gasteiger partial charge in [0, 0.05) is 18.7 Å². The van der Waals surface area contributed by atoms with Crippen molar-refractivity contribution >= 4 is 17.7 Å². The first-order valence-electron chi connectivity index (χ1n) is 10.6. The highest BCUT2D eigenvalue weighted by Crippen LogP contribution is 2.36. The largest absolute Gasteiger partial charge is 0.467 e. The molecule has 1 aliphatic heterocycles. The van der Waals surface area contributed by atoms with Crippen LogP contribution in [-0.2, 0) is 6.54 Å². The van der Waals surface area contributed by atoms with E-state index in [0.717, 1.165) is 42.8 Å². The zero-order valence-electron chi connectivity index (χ0n) is 17.9. The van der Waals surface area contributed by atoms with Gasteiger partial charge in [0.25, 0.3) is 0 Å². The van der Waals surface area contributed by atoms with E-state index >= 15 is 0 Å². The van der Waals surface area contributed by atoms with E-state index in [0.29, 0.717) is 29.4 Å². The van der Waals surface area contributed by atoms with Gasteiger partial charge in [0.15, 0.2) is 5.16 Å². The fourth-order valence-corrected chi connectivity index (χ4v) is 4.55. The van der Waals surface area contributed by atoms with E-state index in [-0.39, 0.29) is 11.1 Å². The van der Waals surface area contributed by atoms with Gasteiger partial charge in [-0.15, -0.1) is 10.2 Å². The fraction of sp³-hybridized carbons (Fsp3) is 0.364. The molecule has 8 nitrogen and oxygen atoms in total. The van der Waals surface area contributed by atoms with Crippen molar-refractivity contribution in [3.8, 4) is 11.4 Å². The lowest BCUT2D eigenvalue weighted by Gasteiger charge is -2.18. The molecule has 1 aliphatic rings. The third kappa shape index (κ3) is 4.14. The number of rotatable bonds is 7. The number of aryl methyl sites for hydroxylation is 1. The Labute approximate surface area is 188 Å². The molecule has 1 atom stereocenters. The van der Waals surface area contributed by atoms with Crippen molar-refractivity contribution in [1.82, 2.24) is 24.9 Å². The number of halogens is 1. The lowest BCUT2D eigenvalue weighted by molar-refractivity contribution is 0.380. The van der Waals surface area contributed by atoms with Gasteiger partial charge in [-0.05, 0) is 50.5 Å². The van der Waals surface area contributed by atoms with Crippen molar-refractivity contribution in [2.45, 2.75) is 43.6 Å². The average molecular weight is 455 g/mol. The second-order valence-corrected chi connectivity index (χ2v) is 9.13. The first-order valence-corrected chi connectivity index (χ1v) is 11.4. The minimum Gasteiger partial charge on any atom is -0.467 e. The molecule has 1 unspecified atom stereocenters. The summed E-state index contributed by atoms with van der Waals surface area (Å²) in [5.41, 5.74) is 1.16. The molecule has 32 heavy (non-hydrogen) atoms. The highest BCUT2D eigenvalue weighted by Gasteiger charge is 2.25. The summed E-state index contributed by atoms with van der Waals surface area (Å²) in [5.74, 6) is 2.19. The van der Waals surface area contributed by atoms with Gasteiger partial charge < -0.3 is 13.8 Å². The van der Waals surface area contributed by atoms with Crippen molar-refractivity contribution in [2.24, 2.45) is 0 Å². The standard InChI is InChI=1S/C22H23FN6O2S/c1-14-7-8-16(12-18(14)23)19-24-20(31-27-19)15(2)32-22-26-25-21(28-9-3-4-10-28)29(22)13-17-6-5-11-30-17/h5-8,11-12,15H,3-4,9-10,13H2,1-2H3. The first-order chi connectivity index (χ1) is 15.6. The Kier molecular flexibility index (Phi) is 5.69. The Morgan fingerprint density at radius 1 is 1.19 bits per heavy atom. The number of hydrogen-bond acceptors (Lipinski definition) is 8. The van der Waals surface area contributed by atoms with Crippen molar-refractivity contribution in [3.63, 3.8) is 0 Å². The SMILES string of the molecule is Cc1ccc(-c2noc(C(C)Sc3nnc(N4CCCC4)n3Cc3ccco3)n2)cc1F. The van der Waals surface area contributed by atoms with Crippen LogP contribution >= 0.6 is 11.8 Å². The van der Waals surface area contributed by atoms with E-state index in [2.05, 4.69) is 29.8 Å². The number of aromatic nitrogens is 5. The van der Waals surface area contributed by atoms with Crippen LogP contribution in [0.25, 0.3) is 11.4 Å². The van der Waals surface area contributed by atoms with E-state index in [1.54, 1.807) is 25.3 Å². The Balaban J connectivity index is 1.38. The minimum atomic E-state index is -0.295. The molecule has 4 heterocycles. The summed E-state index contributed by atoms with van der Waals surface area (Å²) in [5, 5.41) is 13.5. The van der Waals surface area contributed by atoms with Gasteiger partial charge in [-0.1, -0.05) is 29.1 Å². The third-order valence-corrected chi connectivity index (χ3v) is 6.55. The normalized spacial score (nSPS) is 14.9. The van der Waals surface area contributed by atoms with Crippen LogP contribution in [0.3, 0.4) is 0 Å². The van der Waals surface area contributed by atoms with Crippen LogP contribution in [0.2, 0.25) is 0 Å². The van der Waals surface area contributed by atoms with E-state index in [9.17, 15) is 4.39 Å². The molecule has 5 rings (SSSR count). The Morgan fingerprint density at radius 3 is 2.78 bits per heavy atom. The van der Waals surface area contributed by atoms with Crippen LogP contribution in [0, 0.1) is 12.7 Å². The average Bonchev–Trinajstić information content (AvgIpc) is 3.59. The molecule has 3 aromatic heterocycles. The van der Waals surface area contributed by atoms with Gasteiger partial charge in [-0.3, -0.25) is 4.57 Å². The lowest BCUT2D eigenvalue weighted by atomic mass is 10.1. The zero-order chi connectivity index (χ0) is 22.1. The molecule has 0 radical (unpaired) electrons. The highest BCUT2D eigenvalue weighted by atomic mass is 32.2. The minimum absolute atomic E-state index is 0.169. The number of benzene rings is 1. The lowest BCUT2D eigenvalue weighted by Crippen LogP contribution is -2.22. The van der Waals surface area contributed by atoms with Gasteiger partial charge in [-0.25, -0.2) is 4.39 Å². The fourth-order valence-electron chi connectivity index (χ4n) is 3.67. The quantitative estimate of drug-likeness (QED) is 0.366. The number of anilines is 1. The summed E-state index contributed by atoms with van der Waals surface area (Å²) in [4.78, 5) is 6.74. The molecule has 1 aromatic carbocycles. The van der Waals surface area contributed by atoms with Gasteiger partial charge in [0.05, 0.1) is 18.1 Å². The Morgan fingerprint density at radius 2 is 2.03 bits per heavy atom. The van der Waals surface area contributed by atoms with Gasteiger partial charge in [0.2, 0.25) is 17.7 Å². The van der Waals surface area contributed by atoms with Crippen LogP contribution in [0.15, 0.2) is 50.7 Å². The smallest absolute Gasteiger partial charge is 0.240 e. The van der Waals surface area contributed by atoms with Crippen LogP contribution in [0.1, 0.15) is 42.2 Å². The van der Waals surface area contributed by atoms with Crippen LogP contribution in [0.4, 0.5) is 10.3 Å². The van der Waals surface area contributed by atoms with E-state index < -0.39 is 0 Å². The van der Waals surface area contributed by atoms with Crippen LogP contribution < -0.4 is 4.90 Å². The summed E-state index contributed by atoms with van der Waals surface area (Å²) < 4.78 is 27.0. The monoisotopic (exact) mass is 454 g/mol. The second kappa shape index (κ2) is 8.78. The summed E-state index contributed by atoms with van der Waals surface area (Å²) >= 11 is 1.49. The number of nitrogens with zero attached hydrogens (tertiary/aromatic N) is 6. The molecule has 1 saturated heterocycles. The molecule has 10 heteroatoms. The summed E-state index contributed by atoms with van der Waals surface area (Å²) in [6.45, 7) is 6.17. The molecule has 0 N–H and O–H groups in total. The van der Waals surface area contributed by atoms with Crippen LogP contribution in [0.5, 0.6) is 0 Å². The van der Waals surface area contributed by atoms with Crippen LogP contribution in [-0.4, -0.2) is 38.0 Å². The zero-order valence-corrected chi connectivity index (χ0v) is 18.7. The molecule has 166 valence electrons. The predicted molar refractivity (Wildman–Crippen MR) is 118 cm³/mol. The predicted octanol–water partition coefficient (Wildman–Crippen LogP) is 4.87. The Hall–Kier alpha value is -3.14. The molecule has 0 spiro atoms. The number of furan rings is 1. The molecule has 0 bridgehead atoms. The molecule has 1 fully saturated rings. The van der Waals surface area contributed by atoms with Gasteiger partial charge >= 0.3 is 0 Å². The van der Waals surface area contributed by atoms with E-state index in [4.69, 9.17) is 8.94 Å². The second-order valence-electron chi connectivity index (χ2n) is 7.82. The molecule has 0 saturated carbocycles. The maximum Gasteiger partial charge on any atom is 0.240 e. The van der Waals surface area contributed by atoms with Gasteiger partial charge in [0.1, 0.15) is 11.6 Å². The van der Waals surface area contributed by atoms with Gasteiger partial charge in [-0.2, -0.15) is 4.98 Å². The maximum atomic E-state index is 13.9. The van der Waals surface area contributed by atoms with E-state index in [1.165, 1.54) is 17.8 Å². The molecular formula is C22H23FN6O2S. The number of hydrogen-bond donors (Lipinski definition) is 0. The molecule has 0 amide bonds. The third-order valence-electron chi connectivity index (χ3n) is 5.48. The van der Waals surface area contributed by atoms with Crippen molar-refractivity contribution in [3.05, 3.63) is 59.6 Å². The Bertz CT molecular complexity index is 1200. The van der Waals surface area contributed by atoms with Crippen molar-refractivity contribution in [2.75, 3.05) is 18.0 Å². The topological polar surface area (TPSA) is 86.0 Å². The summed E-state index contributed by atoms with van der Waals surface area (Å²) in [7, 11) is 0.